The van der Waals surface area contributed by atoms with Crippen molar-refractivity contribution >= 4 is 26.8 Å². The number of halogens is 3. The number of rotatable bonds is 6. The highest BCUT2D eigenvalue weighted by atomic mass is 32.2. The summed E-state index contributed by atoms with van der Waals surface area (Å²) in [5.74, 6) is -0.751. The first-order valence-electron chi connectivity index (χ1n) is 8.91. The Morgan fingerprint density at radius 3 is 2.45 bits per heavy atom. The molecule has 3 rings (SSSR count). The van der Waals surface area contributed by atoms with Crippen LogP contribution in [-0.4, -0.2) is 43.4 Å². The van der Waals surface area contributed by atoms with E-state index in [9.17, 15) is 26.4 Å². The lowest BCUT2D eigenvalue weighted by Gasteiger charge is -2.17. The number of benzene rings is 1. The Balaban J connectivity index is 2.11. The van der Waals surface area contributed by atoms with E-state index in [1.165, 1.54) is 17.9 Å². The molecule has 0 aliphatic heterocycles. The molecule has 3 aromatic rings. The van der Waals surface area contributed by atoms with Gasteiger partial charge in [-0.1, -0.05) is 12.1 Å². The average molecular weight is 456 g/mol. The molecular formula is C19H19F3N4O4S. The fraction of sp³-hybridized carbons (Fsp3) is 0.263. The Kier molecular flexibility index (Phi) is 5.72. The number of primary amides is 1. The quantitative estimate of drug-likeness (QED) is 0.591. The van der Waals surface area contributed by atoms with Crippen LogP contribution in [0.2, 0.25) is 0 Å². The van der Waals surface area contributed by atoms with Crippen LogP contribution < -0.4 is 15.3 Å². The summed E-state index contributed by atoms with van der Waals surface area (Å²) in [6, 6.07) is 5.32. The highest BCUT2D eigenvalue weighted by Crippen LogP contribution is 2.33. The molecular weight excluding hydrogens is 437 g/mol. The topological polar surface area (TPSA) is 116 Å². The lowest BCUT2D eigenvalue weighted by atomic mass is 10.1. The van der Waals surface area contributed by atoms with Gasteiger partial charge in [-0.15, -0.1) is 0 Å². The second-order valence-corrected chi connectivity index (χ2v) is 8.56. The van der Waals surface area contributed by atoms with E-state index < -0.39 is 33.0 Å². The molecule has 1 aromatic carbocycles. The fourth-order valence-corrected chi connectivity index (χ4v) is 4.26. The molecule has 31 heavy (non-hydrogen) atoms. The molecule has 8 nitrogen and oxygen atoms in total. The Morgan fingerprint density at radius 2 is 1.94 bits per heavy atom. The SMILES string of the molecule is COn1c(-c2ccc(S(=O)(=O)N[C@H](C)C(F)(F)F)cn2)c(C(N)=O)c2ccc(C)cc21. The third kappa shape index (κ3) is 4.21. The van der Waals surface area contributed by atoms with Crippen LogP contribution in [0.4, 0.5) is 13.2 Å². The van der Waals surface area contributed by atoms with Crippen LogP contribution in [0.25, 0.3) is 22.3 Å². The fourth-order valence-electron chi connectivity index (χ4n) is 3.09. The van der Waals surface area contributed by atoms with Gasteiger partial charge in [0, 0.05) is 11.6 Å². The summed E-state index contributed by atoms with van der Waals surface area (Å²) in [5, 5.41) is 0.508. The van der Waals surface area contributed by atoms with Gasteiger partial charge in [0.25, 0.3) is 5.91 Å². The number of carbonyl (C=O) groups is 1. The number of fused-ring (bicyclic) bond motifs is 1. The second-order valence-electron chi connectivity index (χ2n) is 6.85. The second kappa shape index (κ2) is 7.85. The molecule has 0 radical (unpaired) electrons. The van der Waals surface area contributed by atoms with E-state index in [-0.39, 0.29) is 17.0 Å². The number of hydrogen-bond acceptors (Lipinski definition) is 5. The first-order chi connectivity index (χ1) is 14.4. The number of alkyl halides is 3. The van der Waals surface area contributed by atoms with Gasteiger partial charge in [-0.2, -0.15) is 22.6 Å². The Labute approximate surface area is 175 Å². The summed E-state index contributed by atoms with van der Waals surface area (Å²) in [4.78, 5) is 21.2. The van der Waals surface area contributed by atoms with E-state index in [0.29, 0.717) is 17.8 Å². The van der Waals surface area contributed by atoms with E-state index in [4.69, 9.17) is 10.6 Å². The van der Waals surface area contributed by atoms with Crippen molar-refractivity contribution in [2.24, 2.45) is 5.73 Å². The molecule has 2 heterocycles. The predicted molar refractivity (Wildman–Crippen MR) is 107 cm³/mol. The van der Waals surface area contributed by atoms with Gasteiger partial charge in [-0.05, 0) is 37.6 Å². The van der Waals surface area contributed by atoms with Gasteiger partial charge in [0.15, 0.2) is 0 Å². The number of nitrogens with two attached hydrogens (primary N) is 1. The summed E-state index contributed by atoms with van der Waals surface area (Å²) >= 11 is 0. The smallest absolute Gasteiger partial charge is 0.404 e. The van der Waals surface area contributed by atoms with Crippen LogP contribution in [-0.2, 0) is 10.0 Å². The van der Waals surface area contributed by atoms with E-state index in [1.54, 1.807) is 22.9 Å². The highest BCUT2D eigenvalue weighted by molar-refractivity contribution is 7.89. The molecule has 0 unspecified atom stereocenters. The van der Waals surface area contributed by atoms with Crippen molar-refractivity contribution in [3.8, 4) is 11.4 Å². The van der Waals surface area contributed by atoms with Crippen molar-refractivity contribution in [2.75, 3.05) is 7.11 Å². The lowest BCUT2D eigenvalue weighted by molar-refractivity contribution is -0.147. The molecule has 12 heteroatoms. The number of carbonyl (C=O) groups excluding carboxylic acids is 1. The van der Waals surface area contributed by atoms with Crippen molar-refractivity contribution < 1.29 is 31.2 Å². The summed E-state index contributed by atoms with van der Waals surface area (Å²) in [7, 11) is -3.10. The summed E-state index contributed by atoms with van der Waals surface area (Å²) < 4.78 is 65.5. The Bertz CT molecular complexity index is 1250. The molecule has 0 saturated carbocycles. The van der Waals surface area contributed by atoms with Crippen molar-refractivity contribution in [1.29, 1.82) is 0 Å². The van der Waals surface area contributed by atoms with Crippen molar-refractivity contribution in [3.05, 3.63) is 47.7 Å². The number of hydrogen-bond donors (Lipinski definition) is 2. The van der Waals surface area contributed by atoms with Crippen LogP contribution >= 0.6 is 0 Å². The Morgan fingerprint density at radius 1 is 1.26 bits per heavy atom. The van der Waals surface area contributed by atoms with E-state index in [1.807, 2.05) is 6.92 Å². The van der Waals surface area contributed by atoms with E-state index in [2.05, 4.69) is 4.98 Å². The number of pyridine rings is 1. The molecule has 0 fully saturated rings. The van der Waals surface area contributed by atoms with Crippen LogP contribution in [0.15, 0.2) is 41.4 Å². The van der Waals surface area contributed by atoms with Crippen LogP contribution in [0.3, 0.4) is 0 Å². The molecule has 0 spiro atoms. The first-order valence-corrected chi connectivity index (χ1v) is 10.4. The molecule has 0 saturated heterocycles. The van der Waals surface area contributed by atoms with Gasteiger partial charge in [0.2, 0.25) is 10.0 Å². The minimum atomic E-state index is -4.74. The zero-order chi connectivity index (χ0) is 23.1. The molecule has 0 aliphatic carbocycles. The van der Waals surface area contributed by atoms with Crippen LogP contribution in [0.1, 0.15) is 22.8 Å². The zero-order valence-corrected chi connectivity index (χ0v) is 17.5. The molecule has 3 N–H and O–H groups in total. The third-order valence-corrected chi connectivity index (χ3v) is 6.15. The van der Waals surface area contributed by atoms with Crippen molar-refractivity contribution in [3.63, 3.8) is 0 Å². The molecule has 0 bridgehead atoms. The minimum absolute atomic E-state index is 0.115. The molecule has 2 aromatic heterocycles. The van der Waals surface area contributed by atoms with Gasteiger partial charge in [-0.3, -0.25) is 9.78 Å². The van der Waals surface area contributed by atoms with Gasteiger partial charge in [0.05, 0.1) is 16.8 Å². The highest BCUT2D eigenvalue weighted by Gasteiger charge is 2.39. The number of nitrogens with zero attached hydrogens (tertiary/aromatic N) is 2. The van der Waals surface area contributed by atoms with Gasteiger partial charge in [-0.25, -0.2) is 8.42 Å². The molecule has 1 atom stereocenters. The largest absolute Gasteiger partial charge is 0.416 e. The van der Waals surface area contributed by atoms with Crippen LogP contribution in [0, 0.1) is 6.92 Å². The number of aryl methyl sites for hydroxylation is 1. The van der Waals surface area contributed by atoms with Crippen molar-refractivity contribution in [2.45, 2.75) is 31.0 Å². The third-order valence-electron chi connectivity index (χ3n) is 4.62. The number of aromatic nitrogens is 2. The maximum absolute atomic E-state index is 12.7. The minimum Gasteiger partial charge on any atom is -0.416 e. The summed E-state index contributed by atoms with van der Waals surface area (Å²) in [5.41, 5.74) is 7.46. The maximum Gasteiger partial charge on any atom is 0.404 e. The van der Waals surface area contributed by atoms with E-state index in [0.717, 1.165) is 17.8 Å². The van der Waals surface area contributed by atoms with Crippen molar-refractivity contribution in [1.82, 2.24) is 14.4 Å². The zero-order valence-electron chi connectivity index (χ0n) is 16.7. The molecule has 166 valence electrons. The summed E-state index contributed by atoms with van der Waals surface area (Å²) in [6.45, 7) is 2.54. The first kappa shape index (κ1) is 22.6. The van der Waals surface area contributed by atoms with Gasteiger partial charge >= 0.3 is 6.18 Å². The Hall–Kier alpha value is -3.12. The van der Waals surface area contributed by atoms with E-state index >= 15 is 0 Å². The normalized spacial score (nSPS) is 13.4. The lowest BCUT2D eigenvalue weighted by Crippen LogP contribution is -2.42. The molecule has 1 amide bonds. The summed E-state index contributed by atoms with van der Waals surface area (Å²) in [6.07, 6.45) is -3.84. The molecule has 0 aliphatic rings. The van der Waals surface area contributed by atoms with Crippen LogP contribution in [0.5, 0.6) is 0 Å². The monoisotopic (exact) mass is 456 g/mol. The average Bonchev–Trinajstić information content (AvgIpc) is 3.00. The predicted octanol–water partition coefficient (Wildman–Crippen LogP) is 2.40. The number of sulfonamides is 1. The van der Waals surface area contributed by atoms with Gasteiger partial charge < -0.3 is 10.6 Å². The number of nitrogens with one attached hydrogen (secondary N) is 1. The van der Waals surface area contributed by atoms with Gasteiger partial charge in [0.1, 0.15) is 23.7 Å². The maximum atomic E-state index is 12.7. The number of amides is 1. The standard InChI is InChI=1S/C19H19F3N4O4S/c1-10-4-6-13-15(8-10)26(30-3)17(16(13)18(23)27)14-7-5-12(9-24-14)31(28,29)25-11(2)19(20,21)22/h4-9,11,25H,1-3H3,(H2,23,27)/t11-/m1/s1.